The van der Waals surface area contributed by atoms with Crippen molar-refractivity contribution in [2.75, 3.05) is 0 Å². The fourth-order valence-electron chi connectivity index (χ4n) is 1.67. The van der Waals surface area contributed by atoms with Crippen molar-refractivity contribution >= 4 is 46.5 Å². The second-order valence-electron chi connectivity index (χ2n) is 4.20. The normalized spacial score (nSPS) is 10.3. The van der Waals surface area contributed by atoms with Crippen molar-refractivity contribution in [1.82, 2.24) is 0 Å². The molecule has 0 aromatic heterocycles. The Morgan fingerprint density at radius 1 is 1.09 bits per heavy atom. The highest BCUT2D eigenvalue weighted by Gasteiger charge is 2.17. The van der Waals surface area contributed by atoms with Crippen LogP contribution in [0.3, 0.4) is 0 Å². The minimum Gasteiger partial charge on any atom is -0.457 e. The maximum Gasteiger partial charge on any atom is 0.339 e. The van der Waals surface area contributed by atoms with Gasteiger partial charge < -0.3 is 4.74 Å². The van der Waals surface area contributed by atoms with Crippen LogP contribution >= 0.6 is 34.8 Å². The first-order valence-electron chi connectivity index (χ1n) is 5.94. The van der Waals surface area contributed by atoms with E-state index in [0.29, 0.717) is 15.6 Å². The highest BCUT2D eigenvalue weighted by molar-refractivity contribution is 6.36. The molecule has 0 bridgehead atoms. The Kier molecular flexibility index (Phi) is 5.24. The summed E-state index contributed by atoms with van der Waals surface area (Å²) in [6, 6.07) is 8.40. The fraction of sp³-hybridized carbons (Fsp3) is 0.0714. The summed E-state index contributed by atoms with van der Waals surface area (Å²) in [6.45, 7) is -0.134. The van der Waals surface area contributed by atoms with Crippen molar-refractivity contribution in [1.29, 1.82) is 0 Å². The van der Waals surface area contributed by atoms with Crippen LogP contribution in [0.15, 0.2) is 36.4 Å². The van der Waals surface area contributed by atoms with Crippen LogP contribution < -0.4 is 0 Å². The highest BCUT2D eigenvalue weighted by Crippen LogP contribution is 2.27. The zero-order valence-electron chi connectivity index (χ0n) is 10.9. The van der Waals surface area contributed by atoms with Crippen molar-refractivity contribution in [3.05, 3.63) is 72.7 Å². The van der Waals surface area contributed by atoms with Gasteiger partial charge in [0, 0.05) is 27.7 Å². The molecule has 0 spiro atoms. The molecule has 0 N–H and O–H groups in total. The van der Waals surface area contributed by atoms with E-state index in [0.717, 1.165) is 6.07 Å². The van der Waals surface area contributed by atoms with Crippen LogP contribution in [0.5, 0.6) is 0 Å². The molecule has 0 radical (unpaired) electrons. The second-order valence-corrected chi connectivity index (χ2v) is 5.42. The molecule has 114 valence electrons. The number of nitro groups is 1. The van der Waals surface area contributed by atoms with Gasteiger partial charge in [-0.1, -0.05) is 40.9 Å². The molecule has 0 atom stereocenters. The van der Waals surface area contributed by atoms with Gasteiger partial charge in [0.05, 0.1) is 15.5 Å². The largest absolute Gasteiger partial charge is 0.457 e. The standard InChI is InChI=1S/C14H8Cl3NO4/c15-11-2-1-3-12(16)10(11)7-22-14(19)9-5-4-8(18(20)21)6-13(9)17/h1-6H,7H2. The Bertz CT molecular complexity index is 729. The van der Waals surface area contributed by atoms with Crippen molar-refractivity contribution in [3.63, 3.8) is 0 Å². The number of hydrogen-bond acceptors (Lipinski definition) is 4. The lowest BCUT2D eigenvalue weighted by molar-refractivity contribution is -0.384. The number of ether oxygens (including phenoxy) is 1. The molecule has 0 fully saturated rings. The average Bonchev–Trinajstić information content (AvgIpc) is 2.46. The quantitative estimate of drug-likeness (QED) is 0.441. The van der Waals surface area contributed by atoms with Gasteiger partial charge in [-0.2, -0.15) is 0 Å². The molecule has 0 aliphatic rings. The number of esters is 1. The summed E-state index contributed by atoms with van der Waals surface area (Å²) in [5, 5.41) is 11.3. The van der Waals surface area contributed by atoms with Gasteiger partial charge >= 0.3 is 5.97 Å². The van der Waals surface area contributed by atoms with Crippen LogP contribution in [0.2, 0.25) is 15.1 Å². The molecule has 0 amide bonds. The number of non-ortho nitro benzene ring substituents is 1. The Labute approximate surface area is 140 Å². The number of carbonyl (C=O) groups excluding carboxylic acids is 1. The van der Waals surface area contributed by atoms with Crippen molar-refractivity contribution in [3.8, 4) is 0 Å². The van der Waals surface area contributed by atoms with Gasteiger partial charge in [0.2, 0.25) is 0 Å². The number of benzene rings is 2. The molecule has 0 aliphatic heterocycles. The first kappa shape index (κ1) is 16.5. The Morgan fingerprint density at radius 2 is 1.73 bits per heavy atom. The third kappa shape index (κ3) is 3.68. The first-order valence-corrected chi connectivity index (χ1v) is 7.07. The van der Waals surface area contributed by atoms with Gasteiger partial charge in [0.25, 0.3) is 5.69 Å². The van der Waals surface area contributed by atoms with Crippen LogP contribution in [-0.4, -0.2) is 10.9 Å². The van der Waals surface area contributed by atoms with E-state index in [1.54, 1.807) is 18.2 Å². The summed E-state index contributed by atoms with van der Waals surface area (Å²) < 4.78 is 5.09. The van der Waals surface area contributed by atoms with Crippen LogP contribution in [0.1, 0.15) is 15.9 Å². The van der Waals surface area contributed by atoms with Crippen LogP contribution in [0.4, 0.5) is 5.69 Å². The molecule has 5 nitrogen and oxygen atoms in total. The van der Waals surface area contributed by atoms with Gasteiger partial charge in [0.15, 0.2) is 0 Å². The van der Waals surface area contributed by atoms with Gasteiger partial charge in [-0.3, -0.25) is 10.1 Å². The van der Waals surface area contributed by atoms with E-state index in [1.807, 2.05) is 0 Å². The SMILES string of the molecule is O=C(OCc1c(Cl)cccc1Cl)c1ccc([N+](=O)[O-])cc1Cl. The molecule has 0 unspecified atom stereocenters. The third-order valence-corrected chi connectivity index (χ3v) is 3.81. The van der Waals surface area contributed by atoms with Gasteiger partial charge in [-0.15, -0.1) is 0 Å². The molecule has 22 heavy (non-hydrogen) atoms. The van der Waals surface area contributed by atoms with E-state index >= 15 is 0 Å². The molecule has 2 aromatic rings. The highest BCUT2D eigenvalue weighted by atomic mass is 35.5. The lowest BCUT2D eigenvalue weighted by Crippen LogP contribution is -2.07. The van der Waals surface area contributed by atoms with Crippen LogP contribution in [0, 0.1) is 10.1 Å². The summed E-state index contributed by atoms with van der Waals surface area (Å²) in [6.07, 6.45) is 0. The van der Waals surface area contributed by atoms with E-state index in [2.05, 4.69) is 0 Å². The second kappa shape index (κ2) is 6.96. The van der Waals surface area contributed by atoms with E-state index < -0.39 is 10.9 Å². The van der Waals surface area contributed by atoms with Gasteiger partial charge in [-0.25, -0.2) is 4.79 Å². The number of halogens is 3. The predicted molar refractivity (Wildman–Crippen MR) is 83.7 cm³/mol. The Balaban J connectivity index is 2.15. The zero-order valence-corrected chi connectivity index (χ0v) is 13.2. The predicted octanol–water partition coefficient (Wildman–Crippen LogP) is 4.91. The maximum absolute atomic E-state index is 12.0. The molecule has 2 aromatic carbocycles. The first-order chi connectivity index (χ1) is 10.4. The van der Waals surface area contributed by atoms with Crippen molar-refractivity contribution in [2.24, 2.45) is 0 Å². The van der Waals surface area contributed by atoms with E-state index in [1.165, 1.54) is 12.1 Å². The number of rotatable bonds is 4. The molecule has 0 aliphatic carbocycles. The molecular formula is C14H8Cl3NO4. The molecule has 0 heterocycles. The smallest absolute Gasteiger partial charge is 0.339 e. The molecule has 8 heteroatoms. The monoisotopic (exact) mass is 359 g/mol. The van der Waals surface area contributed by atoms with Crippen LogP contribution in [-0.2, 0) is 11.3 Å². The summed E-state index contributed by atoms with van der Waals surface area (Å²) in [5.74, 6) is -0.726. The maximum atomic E-state index is 12.0. The van der Waals surface area contributed by atoms with Gasteiger partial charge in [-0.05, 0) is 18.2 Å². The number of nitro benzene ring substituents is 1. The lowest BCUT2D eigenvalue weighted by atomic mass is 10.2. The van der Waals surface area contributed by atoms with Crippen molar-refractivity contribution < 1.29 is 14.5 Å². The number of carbonyl (C=O) groups is 1. The molecule has 0 saturated carbocycles. The van der Waals surface area contributed by atoms with E-state index in [4.69, 9.17) is 39.5 Å². The van der Waals surface area contributed by atoms with E-state index in [-0.39, 0.29) is 22.9 Å². The number of hydrogen-bond donors (Lipinski definition) is 0. The topological polar surface area (TPSA) is 69.4 Å². The Hall–Kier alpha value is -1.82. The van der Waals surface area contributed by atoms with Gasteiger partial charge in [0.1, 0.15) is 6.61 Å². The summed E-state index contributed by atoms with van der Waals surface area (Å²) in [4.78, 5) is 22.0. The average molecular weight is 361 g/mol. The summed E-state index contributed by atoms with van der Waals surface area (Å²) in [7, 11) is 0. The van der Waals surface area contributed by atoms with Crippen molar-refractivity contribution in [2.45, 2.75) is 6.61 Å². The number of nitrogens with zero attached hydrogens (tertiary/aromatic N) is 1. The minimum atomic E-state index is -0.726. The fourth-order valence-corrected chi connectivity index (χ4v) is 2.43. The third-order valence-electron chi connectivity index (χ3n) is 2.79. The molecule has 0 saturated heterocycles. The summed E-state index contributed by atoms with van der Waals surface area (Å²) >= 11 is 17.8. The zero-order chi connectivity index (χ0) is 16.3. The molecule has 2 rings (SSSR count). The Morgan fingerprint density at radius 3 is 2.27 bits per heavy atom. The summed E-state index contributed by atoms with van der Waals surface area (Å²) in [5.41, 5.74) is 0.281. The van der Waals surface area contributed by atoms with E-state index in [9.17, 15) is 14.9 Å². The minimum absolute atomic E-state index is 0.0236. The lowest BCUT2D eigenvalue weighted by Gasteiger charge is -2.09. The molecular weight excluding hydrogens is 353 g/mol. The van der Waals surface area contributed by atoms with Crippen LogP contribution in [0.25, 0.3) is 0 Å².